The van der Waals surface area contributed by atoms with Gasteiger partial charge in [-0.25, -0.2) is 4.79 Å². The number of rotatable bonds is 1. The highest BCUT2D eigenvalue weighted by molar-refractivity contribution is 6.33. The standard InChI is InChI=1S/C9H8ClNO2/c10-6-3-1-2-5-4-7(9(12)13)11-8(5)6/h1-3,7,11H,4H2,(H,12,13). The van der Waals surface area contributed by atoms with E-state index in [0.717, 1.165) is 11.3 Å². The Hall–Kier alpha value is -1.22. The van der Waals surface area contributed by atoms with E-state index in [1.807, 2.05) is 12.1 Å². The first-order chi connectivity index (χ1) is 6.18. The molecule has 0 amide bonds. The molecule has 0 radical (unpaired) electrons. The molecule has 1 heterocycles. The highest BCUT2D eigenvalue weighted by Crippen LogP contribution is 2.32. The number of carboxylic acids is 1. The molecule has 0 saturated heterocycles. The molecule has 0 aromatic heterocycles. The van der Waals surface area contributed by atoms with Crippen LogP contribution in [0.3, 0.4) is 0 Å². The Morgan fingerprint density at radius 1 is 1.62 bits per heavy atom. The molecule has 0 aliphatic carbocycles. The Morgan fingerprint density at radius 3 is 3.00 bits per heavy atom. The second kappa shape index (κ2) is 2.92. The third-order valence-corrected chi connectivity index (χ3v) is 2.46. The van der Waals surface area contributed by atoms with Gasteiger partial charge in [0.15, 0.2) is 0 Å². The number of benzene rings is 1. The van der Waals surface area contributed by atoms with Gasteiger partial charge in [-0.1, -0.05) is 23.7 Å². The lowest BCUT2D eigenvalue weighted by atomic mass is 10.1. The molecule has 3 nitrogen and oxygen atoms in total. The van der Waals surface area contributed by atoms with E-state index in [1.54, 1.807) is 6.07 Å². The Labute approximate surface area is 80.3 Å². The van der Waals surface area contributed by atoms with E-state index in [0.29, 0.717) is 11.4 Å². The Morgan fingerprint density at radius 2 is 2.38 bits per heavy atom. The maximum Gasteiger partial charge on any atom is 0.326 e. The third-order valence-electron chi connectivity index (χ3n) is 2.14. The quantitative estimate of drug-likeness (QED) is 0.721. The highest BCUT2D eigenvalue weighted by Gasteiger charge is 2.27. The summed E-state index contributed by atoms with van der Waals surface area (Å²) in [7, 11) is 0. The SMILES string of the molecule is O=C(O)C1Cc2cccc(Cl)c2N1. The molecule has 0 bridgehead atoms. The van der Waals surface area contributed by atoms with Gasteiger partial charge in [0.25, 0.3) is 0 Å². The molecule has 1 aliphatic rings. The van der Waals surface area contributed by atoms with Gasteiger partial charge in [0, 0.05) is 6.42 Å². The molecule has 0 saturated carbocycles. The van der Waals surface area contributed by atoms with Crippen LogP contribution in [0, 0.1) is 0 Å². The molecule has 13 heavy (non-hydrogen) atoms. The second-order valence-electron chi connectivity index (χ2n) is 3.01. The number of para-hydroxylation sites is 1. The fraction of sp³-hybridized carbons (Fsp3) is 0.222. The van der Waals surface area contributed by atoms with E-state index in [-0.39, 0.29) is 0 Å². The number of hydrogen-bond acceptors (Lipinski definition) is 2. The number of halogens is 1. The summed E-state index contributed by atoms with van der Waals surface area (Å²) in [4.78, 5) is 10.7. The van der Waals surface area contributed by atoms with Crippen molar-refractivity contribution in [1.82, 2.24) is 0 Å². The van der Waals surface area contributed by atoms with Gasteiger partial charge in [-0.15, -0.1) is 0 Å². The first-order valence-electron chi connectivity index (χ1n) is 3.95. The molecular formula is C9H8ClNO2. The normalized spacial score (nSPS) is 19.3. The minimum absolute atomic E-state index is 0.505. The van der Waals surface area contributed by atoms with Gasteiger partial charge in [0.1, 0.15) is 6.04 Å². The largest absolute Gasteiger partial charge is 0.480 e. The van der Waals surface area contributed by atoms with Crippen LogP contribution < -0.4 is 5.32 Å². The number of carboxylic acid groups (broad SMARTS) is 1. The van der Waals surface area contributed by atoms with Crippen LogP contribution in [0.15, 0.2) is 18.2 Å². The Kier molecular flexibility index (Phi) is 1.88. The van der Waals surface area contributed by atoms with Crippen LogP contribution in [0.2, 0.25) is 5.02 Å². The van der Waals surface area contributed by atoms with Crippen LogP contribution in [-0.2, 0) is 11.2 Å². The predicted octanol–water partition coefficient (Wildman–Crippen LogP) is 1.76. The summed E-state index contributed by atoms with van der Waals surface area (Å²) >= 11 is 5.88. The summed E-state index contributed by atoms with van der Waals surface area (Å²) in [6, 6.07) is 4.93. The molecule has 1 aromatic rings. The minimum atomic E-state index is -0.840. The van der Waals surface area contributed by atoms with Crippen molar-refractivity contribution in [2.24, 2.45) is 0 Å². The van der Waals surface area contributed by atoms with Gasteiger partial charge in [0.2, 0.25) is 0 Å². The molecule has 1 aromatic carbocycles. The van der Waals surface area contributed by atoms with E-state index >= 15 is 0 Å². The second-order valence-corrected chi connectivity index (χ2v) is 3.42. The van der Waals surface area contributed by atoms with Crippen molar-refractivity contribution in [2.45, 2.75) is 12.5 Å². The van der Waals surface area contributed by atoms with E-state index in [4.69, 9.17) is 16.7 Å². The number of anilines is 1. The van der Waals surface area contributed by atoms with Crippen LogP contribution in [0.5, 0.6) is 0 Å². The molecular weight excluding hydrogens is 190 g/mol. The zero-order chi connectivity index (χ0) is 9.42. The van der Waals surface area contributed by atoms with Gasteiger partial charge in [-0.3, -0.25) is 0 Å². The summed E-state index contributed by atoms with van der Waals surface area (Å²) < 4.78 is 0. The zero-order valence-electron chi connectivity index (χ0n) is 6.75. The van der Waals surface area contributed by atoms with Crippen molar-refractivity contribution >= 4 is 23.3 Å². The van der Waals surface area contributed by atoms with Crippen molar-refractivity contribution in [1.29, 1.82) is 0 Å². The third kappa shape index (κ3) is 1.35. The van der Waals surface area contributed by atoms with Gasteiger partial charge in [-0.2, -0.15) is 0 Å². The van der Waals surface area contributed by atoms with E-state index in [2.05, 4.69) is 5.32 Å². The maximum absolute atomic E-state index is 10.7. The molecule has 4 heteroatoms. The molecule has 1 atom stereocenters. The number of aliphatic carboxylic acids is 1. The first kappa shape index (κ1) is 8.38. The molecule has 1 aliphatic heterocycles. The van der Waals surface area contributed by atoms with Crippen LogP contribution in [0.4, 0.5) is 5.69 Å². The number of hydrogen-bond donors (Lipinski definition) is 2. The van der Waals surface area contributed by atoms with Crippen LogP contribution in [-0.4, -0.2) is 17.1 Å². The van der Waals surface area contributed by atoms with Crippen molar-refractivity contribution < 1.29 is 9.90 Å². The lowest BCUT2D eigenvalue weighted by Crippen LogP contribution is -2.26. The molecule has 0 fully saturated rings. The predicted molar refractivity (Wildman–Crippen MR) is 50.2 cm³/mol. The Balaban J connectivity index is 2.35. The minimum Gasteiger partial charge on any atom is -0.480 e. The fourth-order valence-electron chi connectivity index (χ4n) is 1.49. The van der Waals surface area contributed by atoms with Gasteiger partial charge >= 0.3 is 5.97 Å². The maximum atomic E-state index is 10.7. The van der Waals surface area contributed by atoms with E-state index in [1.165, 1.54) is 0 Å². The zero-order valence-corrected chi connectivity index (χ0v) is 7.51. The summed E-state index contributed by atoms with van der Waals surface area (Å²) in [6.07, 6.45) is 0.505. The topological polar surface area (TPSA) is 49.3 Å². The molecule has 0 spiro atoms. The van der Waals surface area contributed by atoms with Crippen LogP contribution in [0.1, 0.15) is 5.56 Å². The first-order valence-corrected chi connectivity index (χ1v) is 4.33. The lowest BCUT2D eigenvalue weighted by Gasteiger charge is -2.04. The van der Waals surface area contributed by atoms with Crippen molar-refractivity contribution in [2.75, 3.05) is 5.32 Å². The summed E-state index contributed by atoms with van der Waals surface area (Å²) in [5.41, 5.74) is 1.73. The van der Waals surface area contributed by atoms with Gasteiger partial charge < -0.3 is 10.4 Å². The summed E-state index contributed by atoms with van der Waals surface area (Å²) in [6.45, 7) is 0. The van der Waals surface area contributed by atoms with Crippen LogP contribution >= 0.6 is 11.6 Å². The van der Waals surface area contributed by atoms with Gasteiger partial charge in [0.05, 0.1) is 10.7 Å². The summed E-state index contributed by atoms with van der Waals surface area (Å²) in [5, 5.41) is 12.2. The lowest BCUT2D eigenvalue weighted by molar-refractivity contribution is -0.137. The number of nitrogens with one attached hydrogen (secondary N) is 1. The molecule has 2 N–H and O–H groups in total. The van der Waals surface area contributed by atoms with Crippen molar-refractivity contribution in [3.05, 3.63) is 28.8 Å². The summed E-state index contributed by atoms with van der Waals surface area (Å²) in [5.74, 6) is -0.840. The smallest absolute Gasteiger partial charge is 0.326 e. The molecule has 68 valence electrons. The number of fused-ring (bicyclic) bond motifs is 1. The van der Waals surface area contributed by atoms with Gasteiger partial charge in [-0.05, 0) is 11.6 Å². The fourth-order valence-corrected chi connectivity index (χ4v) is 1.74. The highest BCUT2D eigenvalue weighted by atomic mass is 35.5. The monoisotopic (exact) mass is 197 g/mol. The molecule has 1 unspecified atom stereocenters. The van der Waals surface area contributed by atoms with Crippen molar-refractivity contribution in [3.8, 4) is 0 Å². The van der Waals surface area contributed by atoms with Crippen molar-refractivity contribution in [3.63, 3.8) is 0 Å². The van der Waals surface area contributed by atoms with E-state index in [9.17, 15) is 4.79 Å². The number of carbonyl (C=O) groups is 1. The average Bonchev–Trinajstić information content (AvgIpc) is 2.49. The molecule has 2 rings (SSSR count). The Bertz CT molecular complexity index is 365. The van der Waals surface area contributed by atoms with E-state index < -0.39 is 12.0 Å². The van der Waals surface area contributed by atoms with Crippen LogP contribution in [0.25, 0.3) is 0 Å². The average molecular weight is 198 g/mol.